The summed E-state index contributed by atoms with van der Waals surface area (Å²) in [5.41, 5.74) is 4.01. The second-order valence-electron chi connectivity index (χ2n) is 4.59. The highest BCUT2D eigenvalue weighted by atomic mass is 16.5. The van der Waals surface area contributed by atoms with Gasteiger partial charge in [-0.3, -0.25) is 0 Å². The molecular formula is C15H18N2O2. The molecule has 0 unspecified atom stereocenters. The Kier molecular flexibility index (Phi) is 4.00. The summed E-state index contributed by atoms with van der Waals surface area (Å²) in [5.74, 6) is 1.23. The second-order valence-corrected chi connectivity index (χ2v) is 4.59. The van der Waals surface area contributed by atoms with Crippen molar-refractivity contribution in [1.29, 1.82) is 0 Å². The van der Waals surface area contributed by atoms with Gasteiger partial charge in [0.15, 0.2) is 0 Å². The van der Waals surface area contributed by atoms with Crippen molar-refractivity contribution < 1.29 is 9.47 Å². The lowest BCUT2D eigenvalue weighted by molar-refractivity contribution is 0.285. The summed E-state index contributed by atoms with van der Waals surface area (Å²) in [6.45, 7) is 6.36. The third-order valence-electron chi connectivity index (χ3n) is 2.65. The SMILES string of the molecule is COc1cc(C)cc(COc2cc(C)cc(C)n2)n1. The zero-order valence-electron chi connectivity index (χ0n) is 11.7. The zero-order valence-corrected chi connectivity index (χ0v) is 11.7. The van der Waals surface area contributed by atoms with Gasteiger partial charge < -0.3 is 9.47 Å². The van der Waals surface area contributed by atoms with E-state index < -0.39 is 0 Å². The minimum Gasteiger partial charge on any atom is -0.481 e. The third kappa shape index (κ3) is 3.68. The fraction of sp³-hybridized carbons (Fsp3) is 0.333. The van der Waals surface area contributed by atoms with Crippen LogP contribution in [0.4, 0.5) is 0 Å². The first-order valence-electron chi connectivity index (χ1n) is 6.16. The van der Waals surface area contributed by atoms with E-state index in [4.69, 9.17) is 9.47 Å². The van der Waals surface area contributed by atoms with E-state index in [0.29, 0.717) is 18.4 Å². The highest BCUT2D eigenvalue weighted by molar-refractivity contribution is 5.25. The van der Waals surface area contributed by atoms with Crippen LogP contribution in [0.2, 0.25) is 0 Å². The van der Waals surface area contributed by atoms with Gasteiger partial charge in [0.05, 0.1) is 12.8 Å². The third-order valence-corrected chi connectivity index (χ3v) is 2.65. The van der Waals surface area contributed by atoms with Gasteiger partial charge in [-0.1, -0.05) is 0 Å². The van der Waals surface area contributed by atoms with Gasteiger partial charge in [0.1, 0.15) is 6.61 Å². The van der Waals surface area contributed by atoms with E-state index in [-0.39, 0.29) is 0 Å². The van der Waals surface area contributed by atoms with Crippen molar-refractivity contribution in [3.8, 4) is 11.8 Å². The summed E-state index contributed by atoms with van der Waals surface area (Å²) >= 11 is 0. The van der Waals surface area contributed by atoms with E-state index in [1.807, 2.05) is 45.0 Å². The number of hydrogen-bond donors (Lipinski definition) is 0. The van der Waals surface area contributed by atoms with Crippen LogP contribution >= 0.6 is 0 Å². The van der Waals surface area contributed by atoms with Crippen molar-refractivity contribution in [3.63, 3.8) is 0 Å². The van der Waals surface area contributed by atoms with Gasteiger partial charge in [-0.2, -0.15) is 0 Å². The molecule has 0 aliphatic carbocycles. The van der Waals surface area contributed by atoms with Crippen LogP contribution in [0.3, 0.4) is 0 Å². The predicted molar refractivity (Wildman–Crippen MR) is 73.6 cm³/mol. The number of aromatic nitrogens is 2. The first-order chi connectivity index (χ1) is 9.06. The van der Waals surface area contributed by atoms with Crippen molar-refractivity contribution in [2.75, 3.05) is 7.11 Å². The van der Waals surface area contributed by atoms with Crippen LogP contribution in [0.5, 0.6) is 11.8 Å². The van der Waals surface area contributed by atoms with Crippen LogP contribution in [0.15, 0.2) is 24.3 Å². The summed E-state index contributed by atoms with van der Waals surface area (Å²) in [6, 6.07) is 7.80. The van der Waals surface area contributed by atoms with Gasteiger partial charge >= 0.3 is 0 Å². The van der Waals surface area contributed by atoms with E-state index in [1.165, 1.54) is 0 Å². The standard InChI is InChI=1S/C15H18N2O2/c1-10-5-12(3)16-15(8-10)19-9-13-6-11(2)7-14(17-13)18-4/h5-8H,9H2,1-4H3. The Morgan fingerprint density at radius 3 is 2.26 bits per heavy atom. The van der Waals surface area contributed by atoms with Gasteiger partial charge in [0.25, 0.3) is 0 Å². The van der Waals surface area contributed by atoms with Crippen LogP contribution in [-0.2, 0) is 6.61 Å². The number of rotatable bonds is 4. The molecular weight excluding hydrogens is 240 g/mol. The van der Waals surface area contributed by atoms with Crippen molar-refractivity contribution >= 4 is 0 Å². The van der Waals surface area contributed by atoms with Crippen LogP contribution in [0.1, 0.15) is 22.5 Å². The minimum absolute atomic E-state index is 0.383. The highest BCUT2D eigenvalue weighted by Crippen LogP contribution is 2.15. The molecule has 0 aliphatic heterocycles. The number of hydrogen-bond acceptors (Lipinski definition) is 4. The van der Waals surface area contributed by atoms with Crippen LogP contribution in [0, 0.1) is 20.8 Å². The quantitative estimate of drug-likeness (QED) is 0.845. The Hall–Kier alpha value is -2.10. The fourth-order valence-electron chi connectivity index (χ4n) is 1.91. The molecule has 0 fully saturated rings. The molecule has 0 saturated heterocycles. The van der Waals surface area contributed by atoms with Crippen LogP contribution in [-0.4, -0.2) is 17.1 Å². The second kappa shape index (κ2) is 5.69. The van der Waals surface area contributed by atoms with E-state index in [1.54, 1.807) is 7.11 Å². The highest BCUT2D eigenvalue weighted by Gasteiger charge is 2.03. The zero-order chi connectivity index (χ0) is 13.8. The van der Waals surface area contributed by atoms with E-state index in [9.17, 15) is 0 Å². The molecule has 2 aromatic heterocycles. The summed E-state index contributed by atoms with van der Waals surface area (Å²) < 4.78 is 10.8. The number of aryl methyl sites for hydroxylation is 3. The molecule has 0 saturated carbocycles. The topological polar surface area (TPSA) is 44.2 Å². The molecule has 4 nitrogen and oxygen atoms in total. The number of ether oxygens (including phenoxy) is 2. The average molecular weight is 258 g/mol. The van der Waals surface area contributed by atoms with E-state index in [0.717, 1.165) is 22.5 Å². The first-order valence-corrected chi connectivity index (χ1v) is 6.16. The van der Waals surface area contributed by atoms with Gasteiger partial charge in [-0.05, 0) is 44.0 Å². The molecule has 0 aliphatic rings. The lowest BCUT2D eigenvalue weighted by Crippen LogP contribution is -2.02. The summed E-state index contributed by atoms with van der Waals surface area (Å²) in [7, 11) is 1.61. The Morgan fingerprint density at radius 2 is 1.58 bits per heavy atom. The molecule has 100 valence electrons. The summed E-state index contributed by atoms with van der Waals surface area (Å²) in [6.07, 6.45) is 0. The van der Waals surface area contributed by atoms with Crippen molar-refractivity contribution in [2.24, 2.45) is 0 Å². The largest absolute Gasteiger partial charge is 0.481 e. The molecule has 2 heterocycles. The van der Waals surface area contributed by atoms with Gasteiger partial charge in [-0.25, -0.2) is 9.97 Å². The average Bonchev–Trinajstić information content (AvgIpc) is 2.34. The first kappa shape index (κ1) is 13.3. The van der Waals surface area contributed by atoms with Crippen LogP contribution < -0.4 is 9.47 Å². The number of nitrogens with zero attached hydrogens (tertiary/aromatic N) is 2. The monoisotopic (exact) mass is 258 g/mol. The molecule has 0 radical (unpaired) electrons. The maximum atomic E-state index is 5.68. The molecule has 0 amide bonds. The predicted octanol–water partition coefficient (Wildman–Crippen LogP) is 2.99. The van der Waals surface area contributed by atoms with E-state index >= 15 is 0 Å². The molecule has 0 spiro atoms. The fourth-order valence-corrected chi connectivity index (χ4v) is 1.91. The maximum Gasteiger partial charge on any atom is 0.214 e. The van der Waals surface area contributed by atoms with Crippen molar-refractivity contribution in [1.82, 2.24) is 9.97 Å². The molecule has 2 rings (SSSR count). The van der Waals surface area contributed by atoms with Gasteiger partial charge in [0, 0.05) is 17.8 Å². The van der Waals surface area contributed by atoms with Gasteiger partial charge in [-0.15, -0.1) is 0 Å². The van der Waals surface area contributed by atoms with Crippen molar-refractivity contribution in [2.45, 2.75) is 27.4 Å². The molecule has 0 aromatic carbocycles. The summed E-state index contributed by atoms with van der Waals surface area (Å²) in [5, 5.41) is 0. The smallest absolute Gasteiger partial charge is 0.214 e. The lowest BCUT2D eigenvalue weighted by Gasteiger charge is -2.08. The molecule has 19 heavy (non-hydrogen) atoms. The lowest BCUT2D eigenvalue weighted by atomic mass is 10.2. The maximum absolute atomic E-state index is 5.68. The van der Waals surface area contributed by atoms with Crippen molar-refractivity contribution in [3.05, 3.63) is 46.8 Å². The molecule has 0 N–H and O–H groups in total. The number of pyridine rings is 2. The Morgan fingerprint density at radius 1 is 0.895 bits per heavy atom. The summed E-state index contributed by atoms with van der Waals surface area (Å²) in [4.78, 5) is 8.67. The molecule has 0 atom stereocenters. The molecule has 0 bridgehead atoms. The Bertz CT molecular complexity index is 562. The number of methoxy groups -OCH3 is 1. The molecule has 4 heteroatoms. The molecule has 2 aromatic rings. The normalized spacial score (nSPS) is 10.3. The minimum atomic E-state index is 0.383. The van der Waals surface area contributed by atoms with Gasteiger partial charge in [0.2, 0.25) is 11.8 Å². The van der Waals surface area contributed by atoms with E-state index in [2.05, 4.69) is 9.97 Å². The Labute approximate surface area is 113 Å². The van der Waals surface area contributed by atoms with Crippen LogP contribution in [0.25, 0.3) is 0 Å². The Balaban J connectivity index is 2.11.